The molecule has 2 aromatic rings. The fraction of sp³-hybridized carbons (Fsp3) is 0.438. The first-order chi connectivity index (χ1) is 12.6. The summed E-state index contributed by atoms with van der Waals surface area (Å²) in [5.74, 6) is -0.970. The monoisotopic (exact) mass is 430 g/mol. The number of hydrogen-bond acceptors (Lipinski definition) is 6. The van der Waals surface area contributed by atoms with E-state index >= 15 is 0 Å². The zero-order valence-corrected chi connectivity index (χ0v) is 17.4. The Labute approximate surface area is 166 Å². The molecule has 0 radical (unpaired) electrons. The van der Waals surface area contributed by atoms with Gasteiger partial charge in [0, 0.05) is 18.5 Å². The van der Waals surface area contributed by atoms with Crippen LogP contribution in [0.4, 0.5) is 0 Å². The van der Waals surface area contributed by atoms with Crippen LogP contribution in [0.5, 0.6) is 0 Å². The first-order valence-corrected chi connectivity index (χ1v) is 10.9. The van der Waals surface area contributed by atoms with E-state index in [9.17, 15) is 18.0 Å². The molecule has 2 aromatic heterocycles. The second-order valence-electron chi connectivity index (χ2n) is 6.59. The van der Waals surface area contributed by atoms with Crippen molar-refractivity contribution in [2.45, 2.75) is 37.1 Å². The van der Waals surface area contributed by atoms with Crippen LogP contribution in [0.1, 0.15) is 23.9 Å². The summed E-state index contributed by atoms with van der Waals surface area (Å²) in [5.41, 5.74) is -1.03. The smallest absolute Gasteiger partial charge is 0.269 e. The summed E-state index contributed by atoms with van der Waals surface area (Å²) < 4.78 is 28.6. The number of thiophene rings is 1. The molecule has 146 valence electrons. The standard InChI is InChI=1S/C16H19ClN4O4S2/c1-10-13(14(17)20(3)18-10)27(24,25)19-15(23)16(2)6-7-21(16)12(22)9-11-5-4-8-26-11/h4-5,8H,6-7,9H2,1-3H3,(H,19,23). The molecule has 1 saturated heterocycles. The van der Waals surface area contributed by atoms with Gasteiger partial charge in [0.25, 0.3) is 15.9 Å². The number of carbonyl (C=O) groups is 2. The average Bonchev–Trinajstić information content (AvgIpc) is 3.13. The second kappa shape index (κ2) is 6.92. The molecule has 1 aliphatic heterocycles. The van der Waals surface area contributed by atoms with Crippen molar-refractivity contribution in [1.82, 2.24) is 19.4 Å². The molecule has 1 aliphatic rings. The van der Waals surface area contributed by atoms with Gasteiger partial charge in [-0.2, -0.15) is 5.10 Å². The summed E-state index contributed by atoms with van der Waals surface area (Å²) >= 11 is 7.47. The Bertz CT molecular complexity index is 1000. The lowest BCUT2D eigenvalue weighted by Crippen LogP contribution is -2.68. The molecular weight excluding hydrogens is 412 g/mol. The SMILES string of the molecule is Cc1nn(C)c(Cl)c1S(=O)(=O)NC(=O)C1(C)CCN1C(=O)Cc1cccs1. The van der Waals surface area contributed by atoms with Crippen molar-refractivity contribution in [1.29, 1.82) is 0 Å². The molecule has 1 unspecified atom stereocenters. The van der Waals surface area contributed by atoms with Crippen LogP contribution in [0.2, 0.25) is 5.15 Å². The van der Waals surface area contributed by atoms with E-state index in [4.69, 9.17) is 11.6 Å². The molecule has 1 fully saturated rings. The van der Waals surface area contributed by atoms with Crippen molar-refractivity contribution in [3.05, 3.63) is 33.2 Å². The number of aromatic nitrogens is 2. The largest absolute Gasteiger partial charge is 0.328 e. The lowest BCUT2D eigenvalue weighted by molar-refractivity contribution is -0.156. The first kappa shape index (κ1) is 19.8. The number of nitrogens with zero attached hydrogens (tertiary/aromatic N) is 3. The highest BCUT2D eigenvalue weighted by molar-refractivity contribution is 7.90. The number of nitrogens with one attached hydrogen (secondary N) is 1. The number of rotatable bonds is 5. The molecule has 0 bridgehead atoms. The van der Waals surface area contributed by atoms with E-state index in [0.717, 1.165) is 4.88 Å². The Morgan fingerprint density at radius 2 is 2.15 bits per heavy atom. The van der Waals surface area contributed by atoms with Crippen molar-refractivity contribution >= 4 is 44.8 Å². The van der Waals surface area contributed by atoms with Crippen molar-refractivity contribution in [2.24, 2.45) is 7.05 Å². The molecule has 1 atom stereocenters. The van der Waals surface area contributed by atoms with Gasteiger partial charge in [-0.15, -0.1) is 11.3 Å². The molecule has 2 amide bonds. The van der Waals surface area contributed by atoms with E-state index in [1.54, 1.807) is 6.92 Å². The summed E-state index contributed by atoms with van der Waals surface area (Å²) in [6.07, 6.45) is 0.561. The maximum atomic E-state index is 12.7. The predicted molar refractivity (Wildman–Crippen MR) is 101 cm³/mol. The van der Waals surface area contributed by atoms with E-state index in [2.05, 4.69) is 9.82 Å². The summed E-state index contributed by atoms with van der Waals surface area (Å²) in [4.78, 5) is 27.3. The van der Waals surface area contributed by atoms with Crippen LogP contribution in [0.3, 0.4) is 0 Å². The van der Waals surface area contributed by atoms with Gasteiger partial charge in [0.05, 0.1) is 12.1 Å². The van der Waals surface area contributed by atoms with Gasteiger partial charge in [-0.25, -0.2) is 13.1 Å². The Morgan fingerprint density at radius 1 is 1.44 bits per heavy atom. The Morgan fingerprint density at radius 3 is 2.63 bits per heavy atom. The quantitative estimate of drug-likeness (QED) is 0.774. The normalized spacial score (nSPS) is 19.6. The van der Waals surface area contributed by atoms with Crippen molar-refractivity contribution in [3.63, 3.8) is 0 Å². The van der Waals surface area contributed by atoms with Crippen molar-refractivity contribution < 1.29 is 18.0 Å². The van der Waals surface area contributed by atoms with E-state index < -0.39 is 21.5 Å². The summed E-state index contributed by atoms with van der Waals surface area (Å²) in [7, 11) is -2.70. The number of amides is 2. The fourth-order valence-electron chi connectivity index (χ4n) is 3.05. The van der Waals surface area contributed by atoms with Crippen LogP contribution in [0.25, 0.3) is 0 Å². The number of halogens is 1. The van der Waals surface area contributed by atoms with Crippen molar-refractivity contribution in [3.8, 4) is 0 Å². The first-order valence-electron chi connectivity index (χ1n) is 8.15. The van der Waals surface area contributed by atoms with Gasteiger partial charge in [0.2, 0.25) is 5.91 Å². The minimum absolute atomic E-state index is 0.0859. The molecule has 0 aromatic carbocycles. The number of aryl methyl sites for hydroxylation is 2. The van der Waals surface area contributed by atoms with Crippen LogP contribution < -0.4 is 4.72 Å². The molecular formula is C16H19ClN4O4S2. The maximum Gasteiger partial charge on any atom is 0.269 e. The van der Waals surface area contributed by atoms with Gasteiger partial charge >= 0.3 is 0 Å². The third-order valence-electron chi connectivity index (χ3n) is 4.71. The number of hydrogen-bond donors (Lipinski definition) is 1. The summed E-state index contributed by atoms with van der Waals surface area (Å²) in [5, 5.41) is 5.74. The molecule has 0 saturated carbocycles. The minimum atomic E-state index is -4.21. The van der Waals surface area contributed by atoms with Gasteiger partial charge in [-0.1, -0.05) is 17.7 Å². The highest BCUT2D eigenvalue weighted by atomic mass is 35.5. The molecule has 3 rings (SSSR count). The number of sulfonamides is 1. The second-order valence-corrected chi connectivity index (χ2v) is 9.60. The molecule has 27 heavy (non-hydrogen) atoms. The van der Waals surface area contributed by atoms with Crippen LogP contribution >= 0.6 is 22.9 Å². The van der Waals surface area contributed by atoms with Crippen LogP contribution in [-0.2, 0) is 33.1 Å². The van der Waals surface area contributed by atoms with Gasteiger partial charge < -0.3 is 4.90 Å². The zero-order chi connectivity index (χ0) is 20.0. The van der Waals surface area contributed by atoms with Gasteiger partial charge in [0.1, 0.15) is 15.6 Å². The van der Waals surface area contributed by atoms with E-state index in [0.29, 0.717) is 13.0 Å². The van der Waals surface area contributed by atoms with Gasteiger partial charge in [0.15, 0.2) is 0 Å². The predicted octanol–water partition coefficient (Wildman–Crippen LogP) is 1.48. The van der Waals surface area contributed by atoms with E-state index in [-0.39, 0.29) is 28.1 Å². The molecule has 0 aliphatic carbocycles. The average molecular weight is 431 g/mol. The topological polar surface area (TPSA) is 101 Å². The third-order valence-corrected chi connectivity index (χ3v) is 7.61. The molecule has 11 heteroatoms. The molecule has 8 nitrogen and oxygen atoms in total. The molecule has 1 N–H and O–H groups in total. The lowest BCUT2D eigenvalue weighted by atomic mass is 9.85. The minimum Gasteiger partial charge on any atom is -0.328 e. The van der Waals surface area contributed by atoms with Crippen LogP contribution in [-0.4, -0.2) is 47.0 Å². The highest BCUT2D eigenvalue weighted by Crippen LogP contribution is 2.33. The Hall–Kier alpha value is -1.91. The zero-order valence-electron chi connectivity index (χ0n) is 15.0. The summed E-state index contributed by atoms with van der Waals surface area (Å²) in [6, 6.07) is 3.69. The maximum absolute atomic E-state index is 12.7. The van der Waals surface area contributed by atoms with Crippen LogP contribution in [0.15, 0.2) is 22.4 Å². The fourth-order valence-corrected chi connectivity index (χ4v) is 5.58. The van der Waals surface area contributed by atoms with E-state index in [1.165, 1.54) is 34.9 Å². The Kier molecular flexibility index (Phi) is 5.08. The van der Waals surface area contributed by atoms with Crippen molar-refractivity contribution in [2.75, 3.05) is 6.54 Å². The molecule has 0 spiro atoms. The highest BCUT2D eigenvalue weighted by Gasteiger charge is 2.50. The lowest BCUT2D eigenvalue weighted by Gasteiger charge is -2.48. The number of likely N-dealkylation sites (tertiary alicyclic amines) is 1. The summed E-state index contributed by atoms with van der Waals surface area (Å²) in [6.45, 7) is 3.46. The van der Waals surface area contributed by atoms with Gasteiger partial charge in [-0.3, -0.25) is 14.3 Å². The van der Waals surface area contributed by atoms with E-state index in [1.807, 2.05) is 17.5 Å². The van der Waals surface area contributed by atoms with Gasteiger partial charge in [-0.05, 0) is 31.7 Å². The molecule has 3 heterocycles. The van der Waals surface area contributed by atoms with Crippen LogP contribution in [0, 0.1) is 6.92 Å². The third kappa shape index (κ3) is 3.48. The number of carbonyl (C=O) groups excluding carboxylic acids is 2. The Balaban J connectivity index is 1.77.